The topological polar surface area (TPSA) is 44.9 Å². The normalized spacial score (nSPS) is 21.8. The van der Waals surface area contributed by atoms with E-state index in [4.69, 9.17) is 0 Å². The fraction of sp³-hybridized carbons (Fsp3) is 0.471. The Labute approximate surface area is 129 Å². The monoisotopic (exact) mass is 302 g/mol. The average Bonchev–Trinajstić information content (AvgIpc) is 3.07. The number of rotatable bonds is 5. The molecule has 1 aromatic carbocycles. The number of nitrogens with one attached hydrogen (secondary N) is 2. The van der Waals surface area contributed by atoms with Crippen molar-refractivity contribution in [2.24, 2.45) is 0 Å². The number of hydrogen-bond donors (Lipinski definition) is 2. The van der Waals surface area contributed by atoms with Crippen molar-refractivity contribution in [3.8, 4) is 0 Å². The first-order chi connectivity index (χ1) is 10.3. The van der Waals surface area contributed by atoms with Crippen molar-refractivity contribution in [1.29, 1.82) is 0 Å². The standard InChI is InChI=1S/C17H22N2OS/c1-2-21-14-8-7-13(10-14)19-17(20)9-12-11-18-16-6-4-3-5-15(12)16/h3-6,11,13-14,18H,2,7-10H2,1H3,(H,19,20). The minimum absolute atomic E-state index is 0.145. The Hall–Kier alpha value is -1.42. The Morgan fingerprint density at radius 2 is 2.24 bits per heavy atom. The van der Waals surface area contributed by atoms with Gasteiger partial charge in [0.05, 0.1) is 6.42 Å². The lowest BCUT2D eigenvalue weighted by Crippen LogP contribution is -2.34. The molecule has 2 aromatic rings. The minimum atomic E-state index is 0.145. The molecule has 0 spiro atoms. The van der Waals surface area contributed by atoms with Gasteiger partial charge in [0, 0.05) is 28.4 Å². The highest BCUT2D eigenvalue weighted by Crippen LogP contribution is 2.29. The largest absolute Gasteiger partial charge is 0.361 e. The van der Waals surface area contributed by atoms with Crippen LogP contribution in [0.1, 0.15) is 31.7 Å². The number of para-hydroxylation sites is 1. The predicted molar refractivity (Wildman–Crippen MR) is 89.7 cm³/mol. The van der Waals surface area contributed by atoms with E-state index in [1.54, 1.807) is 0 Å². The van der Waals surface area contributed by atoms with Crippen molar-refractivity contribution < 1.29 is 4.79 Å². The summed E-state index contributed by atoms with van der Waals surface area (Å²) in [4.78, 5) is 15.5. The molecule has 21 heavy (non-hydrogen) atoms. The maximum atomic E-state index is 12.2. The molecule has 1 heterocycles. The maximum absolute atomic E-state index is 12.2. The Kier molecular flexibility index (Phi) is 4.54. The molecule has 0 bridgehead atoms. The fourth-order valence-electron chi connectivity index (χ4n) is 3.19. The molecular weight excluding hydrogens is 280 g/mol. The Balaban J connectivity index is 1.57. The van der Waals surface area contributed by atoms with Gasteiger partial charge in [0.25, 0.3) is 0 Å². The van der Waals surface area contributed by atoms with Crippen LogP contribution in [0.4, 0.5) is 0 Å². The molecule has 0 radical (unpaired) electrons. The first-order valence-electron chi connectivity index (χ1n) is 7.72. The van der Waals surface area contributed by atoms with Crippen LogP contribution in [0.15, 0.2) is 30.5 Å². The van der Waals surface area contributed by atoms with Crippen LogP contribution in [0.5, 0.6) is 0 Å². The van der Waals surface area contributed by atoms with E-state index < -0.39 is 0 Å². The van der Waals surface area contributed by atoms with Crippen LogP contribution in [0.2, 0.25) is 0 Å². The summed E-state index contributed by atoms with van der Waals surface area (Å²) in [7, 11) is 0. The van der Waals surface area contributed by atoms with E-state index in [0.717, 1.165) is 34.6 Å². The number of fused-ring (bicyclic) bond motifs is 1. The molecule has 1 saturated carbocycles. The number of aromatic nitrogens is 1. The van der Waals surface area contributed by atoms with Crippen LogP contribution in [0.3, 0.4) is 0 Å². The Morgan fingerprint density at radius 3 is 3.10 bits per heavy atom. The molecule has 2 N–H and O–H groups in total. The van der Waals surface area contributed by atoms with E-state index in [-0.39, 0.29) is 5.91 Å². The van der Waals surface area contributed by atoms with Gasteiger partial charge in [-0.2, -0.15) is 11.8 Å². The zero-order valence-corrected chi connectivity index (χ0v) is 13.2. The SMILES string of the molecule is CCSC1CCC(NC(=O)Cc2c[nH]c3ccccc23)C1. The molecule has 2 unspecified atom stereocenters. The summed E-state index contributed by atoms with van der Waals surface area (Å²) in [6.45, 7) is 2.20. The quantitative estimate of drug-likeness (QED) is 0.888. The molecule has 2 atom stereocenters. The van der Waals surface area contributed by atoms with E-state index >= 15 is 0 Å². The number of carbonyl (C=O) groups excluding carboxylic acids is 1. The molecule has 1 aliphatic rings. The summed E-state index contributed by atoms with van der Waals surface area (Å²) >= 11 is 2.02. The van der Waals surface area contributed by atoms with Crippen molar-refractivity contribution in [2.75, 3.05) is 5.75 Å². The van der Waals surface area contributed by atoms with Gasteiger partial charge in [0.2, 0.25) is 5.91 Å². The summed E-state index contributed by atoms with van der Waals surface area (Å²) in [5.74, 6) is 1.31. The summed E-state index contributed by atoms with van der Waals surface area (Å²) in [6, 6.07) is 8.50. The second-order valence-electron chi connectivity index (χ2n) is 5.69. The first kappa shape index (κ1) is 14.5. The molecule has 1 fully saturated rings. The van der Waals surface area contributed by atoms with Crippen molar-refractivity contribution in [2.45, 2.75) is 43.9 Å². The van der Waals surface area contributed by atoms with E-state index in [2.05, 4.69) is 23.3 Å². The summed E-state index contributed by atoms with van der Waals surface area (Å²) in [5.41, 5.74) is 2.18. The lowest BCUT2D eigenvalue weighted by Gasteiger charge is -2.13. The van der Waals surface area contributed by atoms with Gasteiger partial charge in [-0.05, 0) is 36.6 Å². The smallest absolute Gasteiger partial charge is 0.224 e. The van der Waals surface area contributed by atoms with Crippen molar-refractivity contribution in [3.63, 3.8) is 0 Å². The van der Waals surface area contributed by atoms with E-state index in [0.29, 0.717) is 12.5 Å². The molecule has 112 valence electrons. The minimum Gasteiger partial charge on any atom is -0.361 e. The van der Waals surface area contributed by atoms with Crippen molar-refractivity contribution >= 4 is 28.6 Å². The van der Waals surface area contributed by atoms with Gasteiger partial charge in [-0.3, -0.25) is 4.79 Å². The number of H-pyrrole nitrogens is 1. The Bertz CT molecular complexity index is 622. The molecular formula is C17H22N2OS. The summed E-state index contributed by atoms with van der Waals surface area (Å²) < 4.78 is 0. The number of thioether (sulfide) groups is 1. The second kappa shape index (κ2) is 6.56. The zero-order chi connectivity index (χ0) is 14.7. The molecule has 3 rings (SSSR count). The maximum Gasteiger partial charge on any atom is 0.224 e. The first-order valence-corrected chi connectivity index (χ1v) is 8.77. The van der Waals surface area contributed by atoms with Crippen LogP contribution >= 0.6 is 11.8 Å². The molecule has 1 aliphatic carbocycles. The van der Waals surface area contributed by atoms with Crippen LogP contribution < -0.4 is 5.32 Å². The van der Waals surface area contributed by atoms with Gasteiger partial charge in [-0.25, -0.2) is 0 Å². The van der Waals surface area contributed by atoms with Crippen molar-refractivity contribution in [3.05, 3.63) is 36.0 Å². The Morgan fingerprint density at radius 1 is 1.38 bits per heavy atom. The number of amides is 1. The van der Waals surface area contributed by atoms with Crippen molar-refractivity contribution in [1.82, 2.24) is 10.3 Å². The lowest BCUT2D eigenvalue weighted by molar-refractivity contribution is -0.121. The highest BCUT2D eigenvalue weighted by molar-refractivity contribution is 7.99. The highest BCUT2D eigenvalue weighted by Gasteiger charge is 2.25. The van der Waals surface area contributed by atoms with Gasteiger partial charge < -0.3 is 10.3 Å². The van der Waals surface area contributed by atoms with Crippen LogP contribution in [0.25, 0.3) is 10.9 Å². The third kappa shape index (κ3) is 3.43. The molecule has 0 saturated heterocycles. The van der Waals surface area contributed by atoms with Gasteiger partial charge in [-0.1, -0.05) is 25.1 Å². The summed E-state index contributed by atoms with van der Waals surface area (Å²) in [5, 5.41) is 5.09. The van der Waals surface area contributed by atoms with E-state index in [1.807, 2.05) is 36.2 Å². The number of benzene rings is 1. The van der Waals surface area contributed by atoms with Crippen LogP contribution in [-0.2, 0) is 11.2 Å². The summed E-state index contributed by atoms with van der Waals surface area (Å²) in [6.07, 6.45) is 5.90. The number of hydrogen-bond acceptors (Lipinski definition) is 2. The third-order valence-corrected chi connectivity index (χ3v) is 5.41. The molecule has 4 heteroatoms. The molecule has 1 aromatic heterocycles. The van der Waals surface area contributed by atoms with Gasteiger partial charge in [0.15, 0.2) is 0 Å². The number of aromatic amines is 1. The average molecular weight is 302 g/mol. The molecule has 3 nitrogen and oxygen atoms in total. The van der Waals surface area contributed by atoms with Gasteiger partial charge in [0.1, 0.15) is 0 Å². The van der Waals surface area contributed by atoms with Gasteiger partial charge in [-0.15, -0.1) is 0 Å². The lowest BCUT2D eigenvalue weighted by atomic mass is 10.1. The van der Waals surface area contributed by atoms with Crippen LogP contribution in [-0.4, -0.2) is 27.9 Å². The second-order valence-corrected chi connectivity index (χ2v) is 7.27. The zero-order valence-electron chi connectivity index (χ0n) is 12.4. The van der Waals surface area contributed by atoms with E-state index in [1.165, 1.54) is 12.2 Å². The molecule has 0 aliphatic heterocycles. The van der Waals surface area contributed by atoms with Crippen LogP contribution in [0, 0.1) is 0 Å². The highest BCUT2D eigenvalue weighted by atomic mass is 32.2. The van der Waals surface area contributed by atoms with E-state index in [9.17, 15) is 4.79 Å². The number of carbonyl (C=O) groups is 1. The molecule has 1 amide bonds. The predicted octanol–water partition coefficient (Wildman–Crippen LogP) is 3.50. The van der Waals surface area contributed by atoms with Gasteiger partial charge >= 0.3 is 0 Å². The fourth-order valence-corrected chi connectivity index (χ4v) is 4.33. The third-order valence-electron chi connectivity index (χ3n) is 4.18.